The van der Waals surface area contributed by atoms with Gasteiger partial charge in [0, 0.05) is 17.5 Å². The van der Waals surface area contributed by atoms with Crippen LogP contribution in [-0.2, 0) is 0 Å². The summed E-state index contributed by atoms with van der Waals surface area (Å²) in [7, 11) is 0. The Bertz CT molecular complexity index is 1740. The maximum Gasteiger partial charge on any atom is 0.326 e. The first kappa shape index (κ1) is 21.0. The van der Waals surface area contributed by atoms with E-state index in [4.69, 9.17) is 9.98 Å². The highest BCUT2D eigenvalue weighted by molar-refractivity contribution is 7.17. The third-order valence-electron chi connectivity index (χ3n) is 5.38. The number of aromatic nitrogens is 6. The van der Waals surface area contributed by atoms with Crippen LogP contribution in [0, 0.1) is 0 Å². The molecule has 174 valence electrons. The molecule has 0 bridgehead atoms. The molecule has 35 heavy (non-hydrogen) atoms. The third kappa shape index (κ3) is 4.22. The molecule has 1 fully saturated rings. The first-order valence-electron chi connectivity index (χ1n) is 10.8. The lowest BCUT2D eigenvalue weighted by atomic mass is 10.3. The van der Waals surface area contributed by atoms with Gasteiger partial charge in [-0.15, -0.1) is 11.3 Å². The Kier molecular flexibility index (Phi) is 4.99. The van der Waals surface area contributed by atoms with Gasteiger partial charge in [-0.3, -0.25) is 19.8 Å². The van der Waals surface area contributed by atoms with E-state index in [1.165, 1.54) is 11.3 Å². The summed E-state index contributed by atoms with van der Waals surface area (Å²) in [5.41, 5.74) is 2.13. The molecule has 1 aliphatic rings. The van der Waals surface area contributed by atoms with Crippen LogP contribution in [0.2, 0.25) is 0 Å². The molecule has 5 aromatic rings. The van der Waals surface area contributed by atoms with Gasteiger partial charge in [-0.05, 0) is 43.2 Å². The van der Waals surface area contributed by atoms with E-state index in [0.717, 1.165) is 17.7 Å². The number of amides is 1. The lowest BCUT2D eigenvalue weighted by molar-refractivity contribution is 0.103. The Hall–Kier alpha value is -4.58. The van der Waals surface area contributed by atoms with Gasteiger partial charge in [0.05, 0.1) is 39.6 Å². The van der Waals surface area contributed by atoms with Crippen LogP contribution in [0.25, 0.3) is 22.3 Å². The summed E-state index contributed by atoms with van der Waals surface area (Å²) in [6.45, 7) is 0. The summed E-state index contributed by atoms with van der Waals surface area (Å²) in [6, 6.07) is 9.22. The Morgan fingerprint density at radius 3 is 2.89 bits per heavy atom. The molecule has 4 N–H and O–H groups in total. The molecule has 5 aromatic heterocycles. The molecular weight excluding hydrogens is 468 g/mol. The van der Waals surface area contributed by atoms with Gasteiger partial charge in [0.25, 0.3) is 5.91 Å². The van der Waals surface area contributed by atoms with Crippen molar-refractivity contribution in [3.8, 4) is 16.5 Å². The molecule has 0 spiro atoms. The number of rotatable bonds is 5. The maximum atomic E-state index is 12.7. The van der Waals surface area contributed by atoms with E-state index in [1.807, 2.05) is 12.1 Å². The summed E-state index contributed by atoms with van der Waals surface area (Å²) in [5, 5.41) is 17.8. The number of thiophene rings is 1. The molecule has 0 unspecified atom stereocenters. The van der Waals surface area contributed by atoms with Crippen molar-refractivity contribution >= 4 is 34.7 Å². The van der Waals surface area contributed by atoms with Crippen LogP contribution in [0.4, 0.5) is 5.69 Å². The van der Waals surface area contributed by atoms with Crippen LogP contribution in [0.5, 0.6) is 5.88 Å². The Morgan fingerprint density at radius 2 is 2.14 bits per heavy atom. The van der Waals surface area contributed by atoms with E-state index in [0.29, 0.717) is 32.6 Å². The minimum atomic E-state index is -0.515. The fourth-order valence-corrected chi connectivity index (χ4v) is 4.41. The molecule has 1 aliphatic carbocycles. The van der Waals surface area contributed by atoms with Crippen LogP contribution in [0.1, 0.15) is 28.2 Å². The topological polar surface area (TPSA) is 153 Å². The van der Waals surface area contributed by atoms with Crippen molar-refractivity contribution in [2.45, 2.75) is 18.9 Å². The first-order valence-corrected chi connectivity index (χ1v) is 11.6. The number of fused-ring (bicyclic) bond motifs is 1. The molecular formula is C23H18N8O3S. The average Bonchev–Trinajstić information content (AvgIpc) is 3.23. The number of aromatic amines is 2. The molecule has 5 heterocycles. The number of imidazole rings is 1. The van der Waals surface area contributed by atoms with Crippen molar-refractivity contribution in [1.29, 1.82) is 0 Å². The van der Waals surface area contributed by atoms with Gasteiger partial charge in [0.2, 0.25) is 5.88 Å². The van der Waals surface area contributed by atoms with Crippen molar-refractivity contribution in [1.82, 2.24) is 29.5 Å². The van der Waals surface area contributed by atoms with Crippen molar-refractivity contribution in [2.24, 2.45) is 4.99 Å². The first-order chi connectivity index (χ1) is 17.0. The minimum Gasteiger partial charge on any atom is -0.493 e. The van der Waals surface area contributed by atoms with Crippen LogP contribution in [-0.4, -0.2) is 46.6 Å². The molecule has 0 aromatic carbocycles. The van der Waals surface area contributed by atoms with Crippen LogP contribution in [0.15, 0.2) is 58.7 Å². The number of nitrogens with one attached hydrogen (secondary N) is 3. The lowest BCUT2D eigenvalue weighted by Gasteiger charge is -2.02. The standard InChI is InChI=1S/C23H18N8O3S/c32-21-16(29-23(34)30-21)8-12-10-25-31-19(26-13-3-4-13)9-15(28-20(12)31)17-5-6-18(35-17)22(33)27-14-2-1-7-24-11-14/h1-2,5-11,13,32H,3-4H2,(H,27,33)(H2,29,30,34)/b12-8+,26-19?. The van der Waals surface area contributed by atoms with Crippen molar-refractivity contribution in [2.75, 3.05) is 5.32 Å². The zero-order valence-corrected chi connectivity index (χ0v) is 18.9. The van der Waals surface area contributed by atoms with Crippen LogP contribution < -0.4 is 21.7 Å². The molecule has 1 amide bonds. The number of pyridine rings is 1. The zero-order chi connectivity index (χ0) is 23.9. The van der Waals surface area contributed by atoms with E-state index in [1.54, 1.807) is 47.4 Å². The van der Waals surface area contributed by atoms with Gasteiger partial charge in [0.15, 0.2) is 11.1 Å². The molecule has 6 rings (SSSR count). The zero-order valence-electron chi connectivity index (χ0n) is 18.1. The maximum absolute atomic E-state index is 12.7. The predicted molar refractivity (Wildman–Crippen MR) is 129 cm³/mol. The van der Waals surface area contributed by atoms with Gasteiger partial charge in [-0.2, -0.15) is 9.61 Å². The number of carbonyl (C=O) groups excluding carboxylic acids is 1. The fraction of sp³-hybridized carbons (Fsp3) is 0.130. The van der Waals surface area contributed by atoms with Crippen molar-refractivity contribution in [3.63, 3.8) is 0 Å². The van der Waals surface area contributed by atoms with E-state index in [2.05, 4.69) is 25.4 Å². The second kappa shape index (κ2) is 8.33. The molecule has 0 saturated heterocycles. The number of H-pyrrole nitrogens is 2. The van der Waals surface area contributed by atoms with Gasteiger partial charge in [-0.25, -0.2) is 9.78 Å². The van der Waals surface area contributed by atoms with E-state index < -0.39 is 5.69 Å². The van der Waals surface area contributed by atoms with Gasteiger partial charge in [-0.1, -0.05) is 0 Å². The lowest BCUT2D eigenvalue weighted by Crippen LogP contribution is -2.19. The smallest absolute Gasteiger partial charge is 0.326 e. The average molecular weight is 487 g/mol. The number of carbonyl (C=O) groups is 1. The van der Waals surface area contributed by atoms with Gasteiger partial charge >= 0.3 is 5.69 Å². The highest BCUT2D eigenvalue weighted by atomic mass is 32.1. The van der Waals surface area contributed by atoms with E-state index >= 15 is 0 Å². The highest BCUT2D eigenvalue weighted by Gasteiger charge is 2.21. The summed E-state index contributed by atoms with van der Waals surface area (Å²) in [4.78, 5) is 43.9. The molecule has 12 heteroatoms. The third-order valence-corrected chi connectivity index (χ3v) is 6.49. The Labute approximate surface area is 200 Å². The van der Waals surface area contributed by atoms with Crippen LogP contribution >= 0.6 is 11.3 Å². The normalized spacial score (nSPS) is 14.6. The molecule has 1 saturated carbocycles. The second-order valence-corrected chi connectivity index (χ2v) is 9.12. The quantitative estimate of drug-likeness (QED) is 0.295. The van der Waals surface area contributed by atoms with Crippen molar-refractivity contribution in [3.05, 3.63) is 80.7 Å². The minimum absolute atomic E-state index is 0.225. The van der Waals surface area contributed by atoms with E-state index in [-0.39, 0.29) is 23.5 Å². The predicted octanol–water partition coefficient (Wildman–Crippen LogP) is 1.44. The molecule has 0 atom stereocenters. The monoisotopic (exact) mass is 486 g/mol. The highest BCUT2D eigenvalue weighted by Crippen LogP contribution is 2.27. The summed E-state index contributed by atoms with van der Waals surface area (Å²) in [6.07, 6.45) is 8.46. The summed E-state index contributed by atoms with van der Waals surface area (Å²) >= 11 is 1.31. The number of nitrogens with zero attached hydrogens (tertiary/aromatic N) is 5. The van der Waals surface area contributed by atoms with E-state index in [9.17, 15) is 14.7 Å². The number of aromatic hydroxyl groups is 1. The van der Waals surface area contributed by atoms with Crippen molar-refractivity contribution < 1.29 is 9.90 Å². The largest absolute Gasteiger partial charge is 0.493 e. The molecule has 11 nitrogen and oxygen atoms in total. The van der Waals surface area contributed by atoms with Gasteiger partial charge < -0.3 is 15.4 Å². The summed E-state index contributed by atoms with van der Waals surface area (Å²) in [5.74, 6) is -0.501. The number of hydrogen-bond acceptors (Lipinski definition) is 8. The van der Waals surface area contributed by atoms with Crippen LogP contribution in [0.3, 0.4) is 0 Å². The summed E-state index contributed by atoms with van der Waals surface area (Å²) < 4.78 is 1.64. The Balaban J connectivity index is 1.43. The Morgan fingerprint density at radius 1 is 1.26 bits per heavy atom. The number of anilines is 1. The SMILES string of the molecule is O=C(Nc1cccnc1)c1ccc(-c2cc(=NC3CC3)n3nc/c(=C\c4[nH]c(=O)[nH]c4O)c3n2)s1. The van der Waals surface area contributed by atoms with Gasteiger partial charge in [0.1, 0.15) is 5.69 Å². The second-order valence-electron chi connectivity index (χ2n) is 8.04. The molecule has 0 aliphatic heterocycles. The molecule has 0 radical (unpaired) electrons. The number of hydrogen-bond donors (Lipinski definition) is 4. The fourth-order valence-electron chi connectivity index (χ4n) is 3.55.